The van der Waals surface area contributed by atoms with Crippen molar-refractivity contribution in [1.82, 2.24) is 0 Å². The molecular formula is C6H5F9O. The van der Waals surface area contributed by atoms with E-state index in [0.29, 0.717) is 0 Å². The Hall–Kier alpha value is -0.670. The summed E-state index contributed by atoms with van der Waals surface area (Å²) in [4.78, 5) is 0. The summed E-state index contributed by atoms with van der Waals surface area (Å²) in [5.41, 5.74) is 0. The first-order valence-corrected chi connectivity index (χ1v) is 3.65. The van der Waals surface area contributed by atoms with Gasteiger partial charge >= 0.3 is 18.5 Å². The average molecular weight is 264 g/mol. The summed E-state index contributed by atoms with van der Waals surface area (Å²) in [7, 11) is 0. The molecule has 0 rings (SSSR count). The zero-order valence-corrected chi connectivity index (χ0v) is 7.30. The molecule has 16 heavy (non-hydrogen) atoms. The normalized spacial score (nSPS) is 16.3. The third kappa shape index (κ3) is 5.42. The summed E-state index contributed by atoms with van der Waals surface area (Å²) >= 11 is 0. The Morgan fingerprint density at radius 1 is 0.875 bits per heavy atom. The largest absolute Gasteiger partial charge is 0.428 e. The van der Waals surface area contributed by atoms with Crippen molar-refractivity contribution in [1.29, 1.82) is 0 Å². The van der Waals surface area contributed by atoms with Crippen LogP contribution < -0.4 is 0 Å². The second-order valence-corrected chi connectivity index (χ2v) is 2.68. The van der Waals surface area contributed by atoms with Gasteiger partial charge in [-0.1, -0.05) is 0 Å². The Morgan fingerprint density at radius 2 is 1.31 bits per heavy atom. The van der Waals surface area contributed by atoms with Crippen molar-refractivity contribution < 1.29 is 44.3 Å². The van der Waals surface area contributed by atoms with E-state index >= 15 is 0 Å². The van der Waals surface area contributed by atoms with E-state index in [1.807, 2.05) is 0 Å². The Balaban J connectivity index is 4.25. The van der Waals surface area contributed by atoms with E-state index in [4.69, 9.17) is 0 Å². The van der Waals surface area contributed by atoms with E-state index in [1.165, 1.54) is 0 Å². The molecule has 0 radical (unpaired) electrons. The predicted molar refractivity (Wildman–Crippen MR) is 32.5 cm³/mol. The van der Waals surface area contributed by atoms with Gasteiger partial charge in [-0.2, -0.15) is 35.1 Å². The quantitative estimate of drug-likeness (QED) is 0.706. The van der Waals surface area contributed by atoms with Crippen molar-refractivity contribution in [2.24, 2.45) is 0 Å². The molecule has 0 aromatic heterocycles. The van der Waals surface area contributed by atoms with Gasteiger partial charge in [0, 0.05) is 0 Å². The standard InChI is InChI=1S/C6H5F9O/c7-3(5(11,12)13)6(14,15)16-2-1-4(8,9)10/h3H,1-2H2. The van der Waals surface area contributed by atoms with Crippen molar-refractivity contribution in [3.8, 4) is 0 Å². The zero-order chi connectivity index (χ0) is 13.2. The van der Waals surface area contributed by atoms with Gasteiger partial charge in [-0.25, -0.2) is 4.39 Å². The lowest BCUT2D eigenvalue weighted by Gasteiger charge is -2.22. The highest BCUT2D eigenvalue weighted by Crippen LogP contribution is 2.36. The topological polar surface area (TPSA) is 9.23 Å². The molecule has 98 valence electrons. The summed E-state index contributed by atoms with van der Waals surface area (Å²) < 4.78 is 108. The molecule has 10 heteroatoms. The molecule has 0 heterocycles. The zero-order valence-electron chi connectivity index (χ0n) is 7.30. The minimum absolute atomic E-state index is 1.76. The van der Waals surface area contributed by atoms with E-state index in [9.17, 15) is 39.5 Å². The maximum Gasteiger partial charge on any atom is 0.428 e. The van der Waals surface area contributed by atoms with Crippen LogP contribution in [0.25, 0.3) is 0 Å². The number of halogens is 9. The maximum absolute atomic E-state index is 12.2. The van der Waals surface area contributed by atoms with Crippen LogP contribution in [-0.2, 0) is 4.74 Å². The van der Waals surface area contributed by atoms with E-state index in [-0.39, 0.29) is 0 Å². The van der Waals surface area contributed by atoms with Crippen LogP contribution in [0.15, 0.2) is 0 Å². The van der Waals surface area contributed by atoms with Crippen LogP contribution in [0.1, 0.15) is 6.42 Å². The Labute approximate surface area is 83.2 Å². The number of rotatable bonds is 4. The van der Waals surface area contributed by atoms with Crippen LogP contribution in [0.5, 0.6) is 0 Å². The van der Waals surface area contributed by atoms with Gasteiger partial charge in [-0.3, -0.25) is 0 Å². The lowest BCUT2D eigenvalue weighted by molar-refractivity contribution is -0.338. The summed E-state index contributed by atoms with van der Waals surface area (Å²) in [5.74, 6) is 0. The van der Waals surface area contributed by atoms with Gasteiger partial charge in [0.05, 0.1) is 13.0 Å². The molecule has 0 saturated carbocycles. The van der Waals surface area contributed by atoms with Gasteiger partial charge in [0.15, 0.2) is 0 Å². The van der Waals surface area contributed by atoms with Crippen molar-refractivity contribution in [2.75, 3.05) is 6.61 Å². The smallest absolute Gasteiger partial charge is 0.318 e. The minimum Gasteiger partial charge on any atom is -0.318 e. The van der Waals surface area contributed by atoms with Crippen LogP contribution in [0, 0.1) is 0 Å². The van der Waals surface area contributed by atoms with Gasteiger partial charge < -0.3 is 4.74 Å². The molecule has 1 unspecified atom stereocenters. The van der Waals surface area contributed by atoms with Crippen LogP contribution in [0.3, 0.4) is 0 Å². The highest BCUT2D eigenvalue weighted by molar-refractivity contribution is 4.75. The molecule has 1 nitrogen and oxygen atoms in total. The summed E-state index contributed by atoms with van der Waals surface area (Å²) in [5, 5.41) is 0. The van der Waals surface area contributed by atoms with Gasteiger partial charge in [0.1, 0.15) is 0 Å². The molecule has 0 aliphatic heterocycles. The Bertz CT molecular complexity index is 217. The molecule has 0 aliphatic carbocycles. The average Bonchev–Trinajstić information content (AvgIpc) is 1.98. The fourth-order valence-electron chi connectivity index (χ4n) is 0.567. The second-order valence-electron chi connectivity index (χ2n) is 2.68. The Kier molecular flexibility index (Phi) is 4.48. The fraction of sp³-hybridized carbons (Fsp3) is 1.00. The van der Waals surface area contributed by atoms with E-state index in [1.54, 1.807) is 0 Å². The summed E-state index contributed by atoms with van der Waals surface area (Å²) in [6.07, 6.45) is -22.7. The molecule has 0 saturated heterocycles. The molecule has 0 aliphatic rings. The SMILES string of the molecule is FC(C(F)(F)F)C(F)(F)OCCC(F)(F)F. The first-order chi connectivity index (χ1) is 6.86. The summed E-state index contributed by atoms with van der Waals surface area (Å²) in [6, 6.07) is 0. The van der Waals surface area contributed by atoms with Gasteiger partial charge in [0.25, 0.3) is 6.17 Å². The van der Waals surface area contributed by atoms with E-state index in [2.05, 4.69) is 4.74 Å². The Morgan fingerprint density at radius 3 is 1.62 bits per heavy atom. The second kappa shape index (κ2) is 4.68. The van der Waals surface area contributed by atoms with E-state index < -0.39 is 37.7 Å². The lowest BCUT2D eigenvalue weighted by Crippen LogP contribution is -2.44. The van der Waals surface area contributed by atoms with E-state index in [0.717, 1.165) is 0 Å². The first kappa shape index (κ1) is 15.3. The van der Waals surface area contributed by atoms with Crippen LogP contribution in [-0.4, -0.2) is 31.2 Å². The third-order valence-corrected chi connectivity index (χ3v) is 1.26. The molecule has 0 aromatic rings. The first-order valence-electron chi connectivity index (χ1n) is 3.65. The van der Waals surface area contributed by atoms with Crippen molar-refractivity contribution in [3.05, 3.63) is 0 Å². The molecule has 0 aromatic carbocycles. The lowest BCUT2D eigenvalue weighted by atomic mass is 10.3. The molecular weight excluding hydrogens is 259 g/mol. The molecule has 0 amide bonds. The number of hydrogen-bond acceptors (Lipinski definition) is 1. The number of hydrogen-bond donors (Lipinski definition) is 0. The maximum atomic E-state index is 12.2. The van der Waals surface area contributed by atoms with Crippen LogP contribution in [0.2, 0.25) is 0 Å². The van der Waals surface area contributed by atoms with Gasteiger partial charge in [-0.05, 0) is 0 Å². The highest BCUT2D eigenvalue weighted by atomic mass is 19.4. The fourth-order valence-corrected chi connectivity index (χ4v) is 0.567. The minimum atomic E-state index is -5.90. The molecule has 0 spiro atoms. The molecule has 0 bridgehead atoms. The highest BCUT2D eigenvalue weighted by Gasteiger charge is 2.58. The van der Waals surface area contributed by atoms with Crippen LogP contribution in [0.4, 0.5) is 39.5 Å². The monoisotopic (exact) mass is 264 g/mol. The summed E-state index contributed by atoms with van der Waals surface area (Å²) in [6.45, 7) is -1.76. The van der Waals surface area contributed by atoms with Crippen LogP contribution >= 0.6 is 0 Å². The predicted octanol–water partition coefficient (Wildman–Crippen LogP) is 3.45. The van der Waals surface area contributed by atoms with Gasteiger partial charge in [0.2, 0.25) is 0 Å². The molecule has 1 atom stereocenters. The number of ether oxygens (including phenoxy) is 1. The van der Waals surface area contributed by atoms with Crippen molar-refractivity contribution >= 4 is 0 Å². The third-order valence-electron chi connectivity index (χ3n) is 1.26. The van der Waals surface area contributed by atoms with Crippen molar-refractivity contribution in [3.63, 3.8) is 0 Å². The molecule has 0 N–H and O–H groups in total. The van der Waals surface area contributed by atoms with Crippen molar-refractivity contribution in [2.45, 2.75) is 31.1 Å². The molecule has 0 fully saturated rings. The number of alkyl halides is 9. The van der Waals surface area contributed by atoms with Gasteiger partial charge in [-0.15, -0.1) is 0 Å².